The molecule has 3 heteroatoms. The average Bonchev–Trinajstić information content (AvgIpc) is 2.43. The van der Waals surface area contributed by atoms with Crippen molar-refractivity contribution in [2.24, 2.45) is 0 Å². The fourth-order valence-electron chi connectivity index (χ4n) is 0.926. The molecule has 2 N–H and O–H groups in total. The van der Waals surface area contributed by atoms with Gasteiger partial charge in [-0.2, -0.15) is 0 Å². The molecule has 1 aliphatic carbocycles. The molecule has 2 aliphatic rings. The van der Waals surface area contributed by atoms with Gasteiger partial charge in [0.1, 0.15) is 5.76 Å². The lowest BCUT2D eigenvalue weighted by molar-refractivity contribution is 0.0825. The SMILES string of the molecule is OC1=CC=CC2(O)OC12. The third kappa shape index (κ3) is 0.528. The van der Waals surface area contributed by atoms with Crippen molar-refractivity contribution in [3.05, 3.63) is 24.0 Å². The summed E-state index contributed by atoms with van der Waals surface area (Å²) in [7, 11) is 0. The van der Waals surface area contributed by atoms with Crippen molar-refractivity contribution >= 4 is 0 Å². The van der Waals surface area contributed by atoms with Gasteiger partial charge in [-0.1, -0.05) is 6.08 Å². The Morgan fingerprint density at radius 3 is 3.00 bits per heavy atom. The van der Waals surface area contributed by atoms with Crippen molar-refractivity contribution in [1.82, 2.24) is 0 Å². The van der Waals surface area contributed by atoms with Crippen LogP contribution in [0, 0.1) is 0 Å². The Bertz CT molecular complexity index is 206. The summed E-state index contributed by atoms with van der Waals surface area (Å²) in [5.41, 5.74) is 0. The minimum absolute atomic E-state index is 0.0972. The van der Waals surface area contributed by atoms with Crippen molar-refractivity contribution < 1.29 is 14.9 Å². The molecular weight excluding hydrogens is 120 g/mol. The minimum Gasteiger partial charge on any atom is -0.509 e. The van der Waals surface area contributed by atoms with Crippen LogP contribution in [0.5, 0.6) is 0 Å². The number of rotatable bonds is 0. The number of epoxide rings is 1. The number of aliphatic hydroxyl groups is 2. The zero-order valence-corrected chi connectivity index (χ0v) is 4.61. The standard InChI is InChI=1S/C6H6O3/c7-4-2-1-3-6(8)5(4)9-6/h1-3,5,7-8H. The lowest BCUT2D eigenvalue weighted by Gasteiger charge is -2.00. The van der Waals surface area contributed by atoms with Crippen LogP contribution in [-0.2, 0) is 4.74 Å². The Morgan fingerprint density at radius 1 is 1.67 bits per heavy atom. The van der Waals surface area contributed by atoms with Crippen molar-refractivity contribution in [3.63, 3.8) is 0 Å². The minimum atomic E-state index is -1.18. The van der Waals surface area contributed by atoms with E-state index in [-0.39, 0.29) is 5.76 Å². The molecule has 1 fully saturated rings. The zero-order chi connectivity index (χ0) is 6.48. The molecule has 2 unspecified atom stereocenters. The second kappa shape index (κ2) is 1.20. The molecule has 1 heterocycles. The molecule has 0 aromatic heterocycles. The molecule has 2 rings (SSSR count). The van der Waals surface area contributed by atoms with Gasteiger partial charge in [0.25, 0.3) is 0 Å². The first-order valence-electron chi connectivity index (χ1n) is 2.71. The van der Waals surface area contributed by atoms with E-state index in [1.807, 2.05) is 0 Å². The van der Waals surface area contributed by atoms with E-state index in [9.17, 15) is 0 Å². The van der Waals surface area contributed by atoms with E-state index in [4.69, 9.17) is 14.9 Å². The molecule has 3 nitrogen and oxygen atoms in total. The summed E-state index contributed by atoms with van der Waals surface area (Å²) >= 11 is 0. The fraction of sp³-hybridized carbons (Fsp3) is 0.333. The largest absolute Gasteiger partial charge is 0.509 e. The second-order valence-corrected chi connectivity index (χ2v) is 2.20. The summed E-state index contributed by atoms with van der Waals surface area (Å²) in [6.45, 7) is 0. The Kier molecular flexibility index (Phi) is 0.668. The van der Waals surface area contributed by atoms with E-state index in [0.29, 0.717) is 0 Å². The molecule has 0 amide bonds. The Labute approximate surface area is 51.9 Å². The third-order valence-corrected chi connectivity index (χ3v) is 1.50. The summed E-state index contributed by atoms with van der Waals surface area (Å²) in [6.07, 6.45) is 4.09. The number of allylic oxidation sites excluding steroid dienone is 2. The topological polar surface area (TPSA) is 53.0 Å². The van der Waals surface area contributed by atoms with Crippen LogP contribution in [0.25, 0.3) is 0 Å². The van der Waals surface area contributed by atoms with Gasteiger partial charge in [-0.15, -0.1) is 0 Å². The van der Waals surface area contributed by atoms with Gasteiger partial charge >= 0.3 is 0 Å². The van der Waals surface area contributed by atoms with E-state index >= 15 is 0 Å². The van der Waals surface area contributed by atoms with Crippen LogP contribution in [0.3, 0.4) is 0 Å². The summed E-state index contributed by atoms with van der Waals surface area (Å²) in [5, 5.41) is 18.0. The molecule has 0 radical (unpaired) electrons. The van der Waals surface area contributed by atoms with E-state index < -0.39 is 11.9 Å². The van der Waals surface area contributed by atoms with E-state index in [0.717, 1.165) is 0 Å². The lowest BCUT2D eigenvalue weighted by atomic mass is 10.1. The van der Waals surface area contributed by atoms with Crippen molar-refractivity contribution in [2.45, 2.75) is 11.9 Å². The van der Waals surface area contributed by atoms with Gasteiger partial charge in [-0.25, -0.2) is 0 Å². The number of aliphatic hydroxyl groups excluding tert-OH is 1. The maximum atomic E-state index is 9.11. The van der Waals surface area contributed by atoms with Crippen LogP contribution in [0.1, 0.15) is 0 Å². The summed E-state index contributed by atoms with van der Waals surface area (Å²) in [6, 6.07) is 0. The monoisotopic (exact) mass is 126 g/mol. The summed E-state index contributed by atoms with van der Waals surface area (Å²) in [4.78, 5) is 0. The zero-order valence-electron chi connectivity index (χ0n) is 4.61. The van der Waals surface area contributed by atoms with Gasteiger partial charge in [-0.3, -0.25) is 0 Å². The summed E-state index contributed by atoms with van der Waals surface area (Å²) in [5.74, 6) is -1.08. The van der Waals surface area contributed by atoms with Crippen molar-refractivity contribution in [3.8, 4) is 0 Å². The molecule has 48 valence electrons. The Morgan fingerprint density at radius 2 is 2.44 bits per heavy atom. The maximum absolute atomic E-state index is 9.11. The number of fused-ring (bicyclic) bond motifs is 1. The molecule has 0 aromatic rings. The normalized spacial score (nSPS) is 45.9. The van der Waals surface area contributed by atoms with Gasteiger partial charge in [-0.05, 0) is 12.2 Å². The number of ether oxygens (including phenoxy) is 1. The highest BCUT2D eigenvalue weighted by atomic mass is 16.7. The van der Waals surface area contributed by atoms with Crippen molar-refractivity contribution in [1.29, 1.82) is 0 Å². The predicted molar refractivity (Wildman–Crippen MR) is 29.7 cm³/mol. The van der Waals surface area contributed by atoms with Gasteiger partial charge in [0.15, 0.2) is 6.10 Å². The third-order valence-electron chi connectivity index (χ3n) is 1.50. The van der Waals surface area contributed by atoms with Gasteiger partial charge in [0.2, 0.25) is 5.79 Å². The highest BCUT2D eigenvalue weighted by Crippen LogP contribution is 2.41. The van der Waals surface area contributed by atoms with Gasteiger partial charge in [0, 0.05) is 0 Å². The quantitative estimate of drug-likeness (QED) is 0.452. The van der Waals surface area contributed by atoms with E-state index in [2.05, 4.69) is 0 Å². The van der Waals surface area contributed by atoms with Crippen LogP contribution in [0.15, 0.2) is 24.0 Å². The number of hydrogen-bond donors (Lipinski definition) is 2. The molecule has 2 atom stereocenters. The van der Waals surface area contributed by atoms with Gasteiger partial charge in [0.05, 0.1) is 0 Å². The Balaban J connectivity index is 2.34. The summed E-state index contributed by atoms with van der Waals surface area (Å²) < 4.78 is 4.73. The highest BCUT2D eigenvalue weighted by Gasteiger charge is 2.57. The highest BCUT2D eigenvalue weighted by molar-refractivity contribution is 5.30. The fourth-order valence-corrected chi connectivity index (χ4v) is 0.926. The van der Waals surface area contributed by atoms with Crippen LogP contribution in [0.2, 0.25) is 0 Å². The molecule has 0 bridgehead atoms. The Hall–Kier alpha value is -0.800. The first-order valence-corrected chi connectivity index (χ1v) is 2.71. The maximum Gasteiger partial charge on any atom is 0.221 e. The lowest BCUT2D eigenvalue weighted by Crippen LogP contribution is -2.13. The first-order chi connectivity index (χ1) is 4.22. The predicted octanol–water partition coefficient (Wildman–Crippen LogP) is 0.0855. The number of hydrogen-bond acceptors (Lipinski definition) is 3. The van der Waals surface area contributed by atoms with Crippen molar-refractivity contribution in [2.75, 3.05) is 0 Å². The van der Waals surface area contributed by atoms with Gasteiger partial charge < -0.3 is 14.9 Å². The molecule has 0 saturated carbocycles. The van der Waals surface area contributed by atoms with E-state index in [1.165, 1.54) is 12.2 Å². The molecule has 0 spiro atoms. The van der Waals surface area contributed by atoms with Crippen LogP contribution in [-0.4, -0.2) is 22.1 Å². The van der Waals surface area contributed by atoms with Crippen LogP contribution in [0.4, 0.5) is 0 Å². The molecule has 1 saturated heterocycles. The first kappa shape index (κ1) is 5.02. The van der Waals surface area contributed by atoms with Crippen LogP contribution >= 0.6 is 0 Å². The molecule has 0 aromatic carbocycles. The molecule has 1 aliphatic heterocycles. The smallest absolute Gasteiger partial charge is 0.221 e. The van der Waals surface area contributed by atoms with E-state index in [1.54, 1.807) is 6.08 Å². The van der Waals surface area contributed by atoms with Crippen LogP contribution < -0.4 is 0 Å². The second-order valence-electron chi connectivity index (χ2n) is 2.20. The molecular formula is C6H6O3. The molecule has 9 heavy (non-hydrogen) atoms. The average molecular weight is 126 g/mol.